The number of hydrogen-bond donors (Lipinski definition) is 2. The standard InChI is InChI=1S/C13H23F2N3O2/c1-9(10(2)18-3-5-20-6-4-18)17-12(19)11-7-13(14,15)8-16-11/h9-11,16H,3-8H2,1-2H3,(H,17,19). The summed E-state index contributed by atoms with van der Waals surface area (Å²) in [5.41, 5.74) is 0. The highest BCUT2D eigenvalue weighted by atomic mass is 19.3. The van der Waals surface area contributed by atoms with Gasteiger partial charge in [-0.25, -0.2) is 8.78 Å². The topological polar surface area (TPSA) is 53.6 Å². The average Bonchev–Trinajstić information content (AvgIpc) is 2.79. The van der Waals surface area contributed by atoms with Gasteiger partial charge in [-0.3, -0.25) is 15.0 Å². The fraction of sp³-hybridized carbons (Fsp3) is 0.923. The molecular weight excluding hydrogens is 268 g/mol. The maximum absolute atomic E-state index is 13.1. The van der Waals surface area contributed by atoms with Gasteiger partial charge in [-0.15, -0.1) is 0 Å². The highest BCUT2D eigenvalue weighted by molar-refractivity contribution is 5.82. The minimum Gasteiger partial charge on any atom is -0.379 e. The van der Waals surface area contributed by atoms with Crippen molar-refractivity contribution in [3.8, 4) is 0 Å². The Hall–Kier alpha value is -0.790. The number of amides is 1. The average molecular weight is 291 g/mol. The van der Waals surface area contributed by atoms with Gasteiger partial charge in [-0.1, -0.05) is 0 Å². The third-order valence-electron chi connectivity index (χ3n) is 4.14. The van der Waals surface area contributed by atoms with E-state index in [-0.39, 0.29) is 18.0 Å². The summed E-state index contributed by atoms with van der Waals surface area (Å²) in [6.07, 6.45) is -0.419. The van der Waals surface area contributed by atoms with Gasteiger partial charge in [0.1, 0.15) is 0 Å². The molecule has 0 aromatic heterocycles. The molecule has 116 valence electrons. The van der Waals surface area contributed by atoms with Gasteiger partial charge in [-0.2, -0.15) is 0 Å². The Kier molecular flexibility index (Phi) is 4.93. The van der Waals surface area contributed by atoms with Gasteiger partial charge in [0.2, 0.25) is 5.91 Å². The molecule has 0 radical (unpaired) electrons. The number of rotatable bonds is 4. The molecule has 20 heavy (non-hydrogen) atoms. The number of nitrogens with zero attached hydrogens (tertiary/aromatic N) is 1. The summed E-state index contributed by atoms with van der Waals surface area (Å²) in [4.78, 5) is 14.2. The molecule has 0 saturated carbocycles. The van der Waals surface area contributed by atoms with E-state index in [2.05, 4.69) is 15.5 Å². The second-order valence-corrected chi connectivity index (χ2v) is 5.68. The van der Waals surface area contributed by atoms with Crippen molar-refractivity contribution in [3.63, 3.8) is 0 Å². The van der Waals surface area contributed by atoms with Crippen LogP contribution in [0, 0.1) is 0 Å². The molecule has 0 bridgehead atoms. The van der Waals surface area contributed by atoms with Crippen molar-refractivity contribution in [2.45, 2.75) is 44.3 Å². The zero-order chi connectivity index (χ0) is 14.8. The molecule has 0 aliphatic carbocycles. The van der Waals surface area contributed by atoms with Crippen LogP contribution in [0.2, 0.25) is 0 Å². The molecule has 2 heterocycles. The number of carbonyl (C=O) groups excluding carboxylic acids is 1. The van der Waals surface area contributed by atoms with E-state index in [4.69, 9.17) is 4.74 Å². The minimum absolute atomic E-state index is 0.0865. The van der Waals surface area contributed by atoms with Crippen LogP contribution in [0.1, 0.15) is 20.3 Å². The lowest BCUT2D eigenvalue weighted by Crippen LogP contribution is -2.54. The van der Waals surface area contributed by atoms with Crippen LogP contribution >= 0.6 is 0 Å². The van der Waals surface area contributed by atoms with Crippen LogP contribution in [0.25, 0.3) is 0 Å². The summed E-state index contributed by atoms with van der Waals surface area (Å²) in [5.74, 6) is -3.11. The maximum Gasteiger partial charge on any atom is 0.262 e. The fourth-order valence-electron chi connectivity index (χ4n) is 2.65. The van der Waals surface area contributed by atoms with Gasteiger partial charge in [0.15, 0.2) is 0 Å². The molecular formula is C13H23F2N3O2. The monoisotopic (exact) mass is 291 g/mol. The zero-order valence-electron chi connectivity index (χ0n) is 12.0. The van der Waals surface area contributed by atoms with Gasteiger partial charge in [0, 0.05) is 31.6 Å². The molecule has 0 spiro atoms. The van der Waals surface area contributed by atoms with Crippen molar-refractivity contribution in [1.82, 2.24) is 15.5 Å². The molecule has 2 aliphatic heterocycles. The van der Waals surface area contributed by atoms with Crippen molar-refractivity contribution in [2.75, 3.05) is 32.8 Å². The third-order valence-corrected chi connectivity index (χ3v) is 4.14. The molecule has 7 heteroatoms. The number of ether oxygens (including phenoxy) is 1. The summed E-state index contributed by atoms with van der Waals surface area (Å²) in [5, 5.41) is 5.41. The van der Waals surface area contributed by atoms with Crippen molar-refractivity contribution in [3.05, 3.63) is 0 Å². The molecule has 2 aliphatic rings. The van der Waals surface area contributed by atoms with Crippen LogP contribution in [0.5, 0.6) is 0 Å². The van der Waals surface area contributed by atoms with Crippen LogP contribution < -0.4 is 10.6 Å². The molecule has 3 unspecified atom stereocenters. The van der Waals surface area contributed by atoms with Crippen molar-refractivity contribution in [1.29, 1.82) is 0 Å². The van der Waals surface area contributed by atoms with Gasteiger partial charge in [-0.05, 0) is 13.8 Å². The van der Waals surface area contributed by atoms with Crippen molar-refractivity contribution in [2.24, 2.45) is 0 Å². The van der Waals surface area contributed by atoms with Crippen molar-refractivity contribution < 1.29 is 18.3 Å². The summed E-state index contributed by atoms with van der Waals surface area (Å²) in [6.45, 7) is 6.58. The molecule has 0 aromatic carbocycles. The summed E-state index contributed by atoms with van der Waals surface area (Å²) >= 11 is 0. The molecule has 2 fully saturated rings. The van der Waals surface area contributed by atoms with Gasteiger partial charge in [0.05, 0.1) is 25.8 Å². The third kappa shape index (κ3) is 3.86. The predicted molar refractivity (Wildman–Crippen MR) is 70.8 cm³/mol. The molecule has 2 rings (SSSR count). The van der Waals surface area contributed by atoms with E-state index >= 15 is 0 Å². The van der Waals surface area contributed by atoms with Crippen LogP contribution in [0.3, 0.4) is 0 Å². The van der Waals surface area contributed by atoms with Crippen LogP contribution in [-0.4, -0.2) is 67.7 Å². The quantitative estimate of drug-likeness (QED) is 0.777. The van der Waals surface area contributed by atoms with Gasteiger partial charge >= 0.3 is 0 Å². The Bertz CT molecular complexity index is 349. The van der Waals surface area contributed by atoms with Crippen molar-refractivity contribution >= 4 is 5.91 Å². The van der Waals surface area contributed by atoms with E-state index in [1.165, 1.54) is 0 Å². The highest BCUT2D eigenvalue weighted by Gasteiger charge is 2.42. The van der Waals surface area contributed by atoms with Crippen LogP contribution in [-0.2, 0) is 9.53 Å². The lowest BCUT2D eigenvalue weighted by atomic mass is 10.1. The molecule has 0 aromatic rings. The summed E-state index contributed by atoms with van der Waals surface area (Å²) in [7, 11) is 0. The number of alkyl halides is 2. The minimum atomic E-state index is -2.78. The Balaban J connectivity index is 1.81. The predicted octanol–water partition coefficient (Wildman–Crippen LogP) is 0.209. The van der Waals surface area contributed by atoms with Gasteiger partial charge < -0.3 is 10.1 Å². The fourth-order valence-corrected chi connectivity index (χ4v) is 2.65. The summed E-state index contributed by atoms with van der Waals surface area (Å²) < 4.78 is 31.4. The Labute approximate surface area is 118 Å². The largest absolute Gasteiger partial charge is 0.379 e. The smallest absolute Gasteiger partial charge is 0.262 e. The second-order valence-electron chi connectivity index (χ2n) is 5.68. The molecule has 1 amide bonds. The molecule has 2 N–H and O–H groups in total. The van der Waals surface area contributed by atoms with E-state index in [0.717, 1.165) is 13.1 Å². The molecule has 2 saturated heterocycles. The van der Waals surface area contributed by atoms with Gasteiger partial charge in [0.25, 0.3) is 5.92 Å². The first-order valence-electron chi connectivity index (χ1n) is 7.12. The first-order valence-corrected chi connectivity index (χ1v) is 7.12. The SMILES string of the molecule is CC(NC(=O)C1CC(F)(F)CN1)C(C)N1CCOCC1. The number of hydrogen-bond acceptors (Lipinski definition) is 4. The molecule has 3 atom stereocenters. The van der Waals surface area contributed by atoms with E-state index in [9.17, 15) is 13.6 Å². The number of halogens is 2. The zero-order valence-corrected chi connectivity index (χ0v) is 12.0. The van der Waals surface area contributed by atoms with Crippen LogP contribution in [0.4, 0.5) is 8.78 Å². The highest BCUT2D eigenvalue weighted by Crippen LogP contribution is 2.25. The first-order chi connectivity index (χ1) is 9.39. The van der Waals surface area contributed by atoms with Crippen LogP contribution in [0.15, 0.2) is 0 Å². The maximum atomic E-state index is 13.1. The van der Waals surface area contributed by atoms with E-state index in [0.29, 0.717) is 13.2 Å². The summed E-state index contributed by atoms with van der Waals surface area (Å²) in [6, 6.07) is -0.717. The normalized spacial score (nSPS) is 29.9. The van der Waals surface area contributed by atoms with E-state index in [1.807, 2.05) is 13.8 Å². The second kappa shape index (κ2) is 6.32. The number of carbonyl (C=O) groups is 1. The Morgan fingerprint density at radius 1 is 1.40 bits per heavy atom. The molecule has 5 nitrogen and oxygen atoms in total. The Morgan fingerprint density at radius 3 is 2.60 bits per heavy atom. The first kappa shape index (κ1) is 15.6. The number of morpholine rings is 1. The lowest BCUT2D eigenvalue weighted by Gasteiger charge is -2.36. The lowest BCUT2D eigenvalue weighted by molar-refractivity contribution is -0.124. The number of nitrogens with one attached hydrogen (secondary N) is 2. The van der Waals surface area contributed by atoms with E-state index < -0.39 is 24.9 Å². The van der Waals surface area contributed by atoms with E-state index in [1.54, 1.807) is 0 Å². The Morgan fingerprint density at radius 2 is 2.05 bits per heavy atom.